The lowest BCUT2D eigenvalue weighted by Gasteiger charge is -2.21. The Hall–Kier alpha value is -1.30. The van der Waals surface area contributed by atoms with Gasteiger partial charge in [0, 0.05) is 28.4 Å². The first-order chi connectivity index (χ1) is 12.6. The van der Waals surface area contributed by atoms with E-state index >= 15 is 0 Å². The number of ether oxygens (including phenoxy) is 6. The summed E-state index contributed by atoms with van der Waals surface area (Å²) in [6.07, 6.45) is -0.977. The van der Waals surface area contributed by atoms with Crippen molar-refractivity contribution in [1.82, 2.24) is 14.9 Å². The van der Waals surface area contributed by atoms with Crippen molar-refractivity contribution in [3.05, 3.63) is 11.6 Å². The van der Waals surface area contributed by atoms with Crippen molar-refractivity contribution in [2.24, 2.45) is 0 Å². The fraction of sp³-hybridized carbons (Fsp3) is 0.875. The molecule has 0 spiro atoms. The highest BCUT2D eigenvalue weighted by atomic mass is 16.7. The van der Waals surface area contributed by atoms with Crippen LogP contribution in [0.2, 0.25) is 0 Å². The van der Waals surface area contributed by atoms with Gasteiger partial charge in [-0.2, -0.15) is 0 Å². The maximum Gasteiger partial charge on any atom is 0.180 e. The smallest absolute Gasteiger partial charge is 0.180 e. The molecule has 0 amide bonds. The van der Waals surface area contributed by atoms with Crippen LogP contribution in [0.4, 0.5) is 0 Å². The summed E-state index contributed by atoms with van der Waals surface area (Å²) >= 11 is 0. The molecule has 10 heteroatoms. The van der Waals surface area contributed by atoms with E-state index in [9.17, 15) is 0 Å². The van der Waals surface area contributed by atoms with Crippen molar-refractivity contribution in [2.45, 2.75) is 32.3 Å². The SMILES string of the molecule is COCCO[C@@H](C)c1nnc([C@H](C)OCCOC)n1NCC(OC)OC. The van der Waals surface area contributed by atoms with Crippen LogP contribution in [0.15, 0.2) is 0 Å². The zero-order valence-corrected chi connectivity index (χ0v) is 16.6. The molecule has 0 saturated heterocycles. The van der Waals surface area contributed by atoms with Crippen LogP contribution in [-0.4, -0.2) is 82.6 Å². The summed E-state index contributed by atoms with van der Waals surface area (Å²) in [7, 11) is 6.42. The molecule has 26 heavy (non-hydrogen) atoms. The predicted octanol–water partition coefficient (Wildman–Crippen LogP) is 0.889. The molecule has 1 rings (SSSR count). The van der Waals surface area contributed by atoms with Gasteiger partial charge >= 0.3 is 0 Å². The highest BCUT2D eigenvalue weighted by molar-refractivity contribution is 5.04. The molecule has 0 bridgehead atoms. The molecular weight excluding hydrogens is 344 g/mol. The van der Waals surface area contributed by atoms with Crippen LogP contribution in [0, 0.1) is 0 Å². The molecule has 1 heterocycles. The lowest BCUT2D eigenvalue weighted by atomic mass is 10.3. The number of hydrogen-bond donors (Lipinski definition) is 1. The lowest BCUT2D eigenvalue weighted by Crippen LogP contribution is -2.32. The maximum absolute atomic E-state index is 5.75. The van der Waals surface area contributed by atoms with Gasteiger partial charge in [-0.3, -0.25) is 0 Å². The van der Waals surface area contributed by atoms with E-state index in [1.807, 2.05) is 13.8 Å². The first-order valence-electron chi connectivity index (χ1n) is 8.54. The zero-order valence-electron chi connectivity index (χ0n) is 16.6. The third-order valence-corrected chi connectivity index (χ3v) is 3.69. The Morgan fingerprint density at radius 1 is 0.808 bits per heavy atom. The summed E-state index contributed by atoms with van der Waals surface area (Å²) in [5, 5.41) is 8.53. The minimum absolute atomic E-state index is 0.284. The molecule has 0 aliphatic rings. The molecule has 0 aliphatic heterocycles. The van der Waals surface area contributed by atoms with Crippen molar-refractivity contribution >= 4 is 0 Å². The van der Waals surface area contributed by atoms with Crippen LogP contribution >= 0.6 is 0 Å². The fourth-order valence-corrected chi connectivity index (χ4v) is 2.19. The van der Waals surface area contributed by atoms with Crippen molar-refractivity contribution in [3.8, 4) is 0 Å². The van der Waals surface area contributed by atoms with E-state index in [2.05, 4.69) is 15.6 Å². The van der Waals surface area contributed by atoms with E-state index in [0.717, 1.165) is 0 Å². The Kier molecular flexibility index (Phi) is 11.3. The minimum atomic E-state index is -0.410. The van der Waals surface area contributed by atoms with E-state index in [1.54, 1.807) is 33.1 Å². The summed E-state index contributed by atoms with van der Waals surface area (Å²) in [5.41, 5.74) is 3.23. The summed E-state index contributed by atoms with van der Waals surface area (Å²) in [4.78, 5) is 0. The molecule has 1 aromatic rings. The van der Waals surface area contributed by atoms with E-state index in [1.165, 1.54) is 0 Å². The number of aromatic nitrogens is 3. The van der Waals surface area contributed by atoms with Gasteiger partial charge in [0.05, 0.1) is 33.0 Å². The van der Waals surface area contributed by atoms with Crippen LogP contribution in [0.1, 0.15) is 37.7 Å². The first kappa shape index (κ1) is 22.7. The highest BCUT2D eigenvalue weighted by Gasteiger charge is 2.23. The van der Waals surface area contributed by atoms with Gasteiger partial charge in [0.25, 0.3) is 0 Å². The molecular formula is C16H32N4O6. The third-order valence-electron chi connectivity index (χ3n) is 3.69. The zero-order chi connectivity index (χ0) is 19.4. The van der Waals surface area contributed by atoms with Crippen molar-refractivity contribution in [1.29, 1.82) is 0 Å². The van der Waals surface area contributed by atoms with Gasteiger partial charge in [-0.15, -0.1) is 10.2 Å². The van der Waals surface area contributed by atoms with E-state index in [4.69, 9.17) is 28.4 Å². The van der Waals surface area contributed by atoms with Crippen LogP contribution in [0.5, 0.6) is 0 Å². The second-order valence-corrected chi connectivity index (χ2v) is 5.53. The van der Waals surface area contributed by atoms with Gasteiger partial charge in [0.1, 0.15) is 12.2 Å². The van der Waals surface area contributed by atoms with E-state index < -0.39 is 6.29 Å². The lowest BCUT2D eigenvalue weighted by molar-refractivity contribution is -0.0930. The Morgan fingerprint density at radius 3 is 1.65 bits per heavy atom. The molecule has 2 atom stereocenters. The second kappa shape index (κ2) is 13.0. The van der Waals surface area contributed by atoms with Crippen LogP contribution in [0.25, 0.3) is 0 Å². The van der Waals surface area contributed by atoms with Gasteiger partial charge in [-0.05, 0) is 13.8 Å². The summed E-state index contributed by atoms with van der Waals surface area (Å²) < 4.78 is 33.7. The number of hydrogen-bond acceptors (Lipinski definition) is 9. The van der Waals surface area contributed by atoms with Crippen LogP contribution in [-0.2, 0) is 28.4 Å². The van der Waals surface area contributed by atoms with Gasteiger partial charge < -0.3 is 33.8 Å². The number of nitrogens with zero attached hydrogens (tertiary/aromatic N) is 3. The number of nitrogens with one attached hydrogen (secondary N) is 1. The van der Waals surface area contributed by atoms with Gasteiger partial charge in [0.2, 0.25) is 0 Å². The highest BCUT2D eigenvalue weighted by Crippen LogP contribution is 2.20. The number of methoxy groups -OCH3 is 4. The molecule has 0 saturated carbocycles. The standard InChI is InChI=1S/C16H32N4O6/c1-12(25-9-7-21-3)15-18-19-16(13(2)26-10-8-22-4)20(15)17-11-14(23-5)24-6/h12-14,17H,7-11H2,1-6H3/t12-,13-/m0/s1. The van der Waals surface area contributed by atoms with E-state index in [0.29, 0.717) is 44.6 Å². The Bertz CT molecular complexity index is 450. The normalized spacial score (nSPS) is 14.0. The monoisotopic (exact) mass is 376 g/mol. The Labute approximate surface area is 155 Å². The summed E-state index contributed by atoms with van der Waals surface area (Å²) in [6, 6.07) is 0. The van der Waals surface area contributed by atoms with Crippen molar-refractivity contribution in [2.75, 3.05) is 66.8 Å². The molecule has 0 aromatic carbocycles. The van der Waals surface area contributed by atoms with Crippen molar-refractivity contribution < 1.29 is 28.4 Å². The molecule has 152 valence electrons. The van der Waals surface area contributed by atoms with Crippen LogP contribution in [0.3, 0.4) is 0 Å². The largest absolute Gasteiger partial charge is 0.382 e. The molecule has 0 radical (unpaired) electrons. The quantitative estimate of drug-likeness (QED) is 0.353. The van der Waals surface area contributed by atoms with E-state index in [-0.39, 0.29) is 12.2 Å². The average Bonchev–Trinajstić information content (AvgIpc) is 3.07. The van der Waals surface area contributed by atoms with Gasteiger partial charge in [0.15, 0.2) is 17.9 Å². The molecule has 10 nitrogen and oxygen atoms in total. The predicted molar refractivity (Wildman–Crippen MR) is 94.5 cm³/mol. The summed E-state index contributed by atoms with van der Waals surface area (Å²) in [6.45, 7) is 6.14. The Morgan fingerprint density at radius 2 is 1.27 bits per heavy atom. The van der Waals surface area contributed by atoms with Crippen molar-refractivity contribution in [3.63, 3.8) is 0 Å². The maximum atomic E-state index is 5.75. The average molecular weight is 376 g/mol. The molecule has 0 fully saturated rings. The molecule has 1 N–H and O–H groups in total. The minimum Gasteiger partial charge on any atom is -0.382 e. The topological polar surface area (TPSA) is 98.1 Å². The Balaban J connectivity index is 2.90. The molecule has 0 unspecified atom stereocenters. The van der Waals surface area contributed by atoms with Gasteiger partial charge in [-0.25, -0.2) is 4.68 Å². The summed E-state index contributed by atoms with van der Waals surface area (Å²) in [5.74, 6) is 1.26. The first-order valence-corrected chi connectivity index (χ1v) is 8.54. The second-order valence-electron chi connectivity index (χ2n) is 5.53. The molecule has 1 aromatic heterocycles. The molecule has 0 aliphatic carbocycles. The third kappa shape index (κ3) is 7.14. The van der Waals surface area contributed by atoms with Crippen LogP contribution < -0.4 is 5.43 Å². The fourth-order valence-electron chi connectivity index (χ4n) is 2.19. The van der Waals surface area contributed by atoms with Gasteiger partial charge in [-0.1, -0.05) is 0 Å². The number of rotatable bonds is 15.